The second-order valence-corrected chi connectivity index (χ2v) is 12.7. The maximum Gasteiger partial charge on any atom is 0.410 e. The monoisotopic (exact) mass is 606 g/mol. The van der Waals surface area contributed by atoms with E-state index in [9.17, 15) is 9.59 Å². The number of nitrogens with zero attached hydrogens (tertiary/aromatic N) is 4. The summed E-state index contributed by atoms with van der Waals surface area (Å²) in [4.78, 5) is 39.0. The van der Waals surface area contributed by atoms with E-state index in [0.29, 0.717) is 54.3 Å². The highest BCUT2D eigenvalue weighted by Crippen LogP contribution is 2.41. The molecular weight excluding hydrogens is 568 g/mol. The normalized spacial score (nSPS) is 15.9. The Morgan fingerprint density at radius 1 is 1.02 bits per heavy atom. The van der Waals surface area contributed by atoms with Crippen LogP contribution in [0.2, 0.25) is 5.02 Å². The molecule has 0 aliphatic carbocycles. The minimum absolute atomic E-state index is 0.0966. The van der Waals surface area contributed by atoms with Gasteiger partial charge >= 0.3 is 6.09 Å². The highest BCUT2D eigenvalue weighted by molar-refractivity contribution is 6.32. The minimum Gasteiger partial charge on any atom is -0.495 e. The highest BCUT2D eigenvalue weighted by Gasteiger charge is 2.48. The first kappa shape index (κ1) is 30.4. The molecule has 5 rings (SSSR count). The molecular formula is C32H39ClN6O4. The molecule has 2 amide bonds. The lowest BCUT2D eigenvalue weighted by molar-refractivity contribution is -0.0435. The average Bonchev–Trinajstić information content (AvgIpc) is 2.97. The van der Waals surface area contributed by atoms with Crippen LogP contribution in [0, 0.1) is 5.41 Å². The molecule has 228 valence electrons. The Balaban J connectivity index is 1.27. The average molecular weight is 607 g/mol. The molecule has 1 spiro atoms. The smallest absolute Gasteiger partial charge is 0.410 e. The zero-order valence-electron chi connectivity index (χ0n) is 25.2. The summed E-state index contributed by atoms with van der Waals surface area (Å²) in [5, 5.41) is 6.82. The van der Waals surface area contributed by atoms with Crippen molar-refractivity contribution in [1.82, 2.24) is 20.2 Å². The Labute approximate surface area is 257 Å². The molecule has 0 radical (unpaired) electrons. The van der Waals surface area contributed by atoms with E-state index in [-0.39, 0.29) is 17.4 Å². The summed E-state index contributed by atoms with van der Waals surface area (Å²) in [6, 6.07) is 15.3. The van der Waals surface area contributed by atoms with Gasteiger partial charge in [-0.15, -0.1) is 0 Å². The number of amides is 2. The Bertz CT molecular complexity index is 1450. The van der Waals surface area contributed by atoms with E-state index in [0.717, 1.165) is 37.1 Å². The first-order valence-corrected chi connectivity index (χ1v) is 14.9. The number of nitrogens with one attached hydrogen (secondary N) is 2. The summed E-state index contributed by atoms with van der Waals surface area (Å²) in [6.45, 7) is 9.37. The van der Waals surface area contributed by atoms with Crippen molar-refractivity contribution in [3.8, 4) is 5.75 Å². The van der Waals surface area contributed by atoms with Crippen molar-refractivity contribution in [2.75, 3.05) is 43.5 Å². The van der Waals surface area contributed by atoms with Crippen LogP contribution in [-0.4, -0.2) is 65.8 Å². The summed E-state index contributed by atoms with van der Waals surface area (Å²) < 4.78 is 10.8. The fraction of sp³-hybridized carbons (Fsp3) is 0.438. The zero-order chi connectivity index (χ0) is 30.6. The molecule has 2 saturated heterocycles. The third-order valence-corrected chi connectivity index (χ3v) is 8.10. The molecule has 43 heavy (non-hydrogen) atoms. The van der Waals surface area contributed by atoms with Crippen molar-refractivity contribution in [2.24, 2.45) is 5.41 Å². The Morgan fingerprint density at radius 3 is 2.40 bits per heavy atom. The molecule has 3 heterocycles. The maximum absolute atomic E-state index is 13.3. The number of carbonyl (C=O) groups excluding carboxylic acids is 2. The number of piperidine rings is 1. The molecule has 10 nitrogen and oxygen atoms in total. The SMILES string of the molecule is COc1ccc(CNc2nc(N3CCC4(CC3)CN(C(=O)OC(C)(C)C)C4)ncc2C(=O)NCc2ccccc2)cc1Cl. The molecule has 2 aromatic carbocycles. The quantitative estimate of drug-likeness (QED) is 0.345. The van der Waals surface area contributed by atoms with Gasteiger partial charge in [-0.1, -0.05) is 48.0 Å². The van der Waals surface area contributed by atoms with Crippen LogP contribution >= 0.6 is 11.6 Å². The van der Waals surface area contributed by atoms with E-state index >= 15 is 0 Å². The molecule has 0 bridgehead atoms. The Kier molecular flexibility index (Phi) is 8.96. The zero-order valence-corrected chi connectivity index (χ0v) is 25.9. The van der Waals surface area contributed by atoms with Gasteiger partial charge in [0.1, 0.15) is 22.7 Å². The molecule has 0 atom stereocenters. The van der Waals surface area contributed by atoms with E-state index in [4.69, 9.17) is 26.1 Å². The lowest BCUT2D eigenvalue weighted by Crippen LogP contribution is -2.62. The molecule has 2 aliphatic heterocycles. The number of anilines is 2. The van der Waals surface area contributed by atoms with Gasteiger partial charge in [0.25, 0.3) is 5.91 Å². The topological polar surface area (TPSA) is 109 Å². The second kappa shape index (κ2) is 12.7. The van der Waals surface area contributed by atoms with Crippen LogP contribution in [0.25, 0.3) is 0 Å². The number of aromatic nitrogens is 2. The van der Waals surface area contributed by atoms with Crippen LogP contribution < -0.4 is 20.3 Å². The molecule has 0 unspecified atom stereocenters. The van der Waals surface area contributed by atoms with Gasteiger partial charge in [0.05, 0.1) is 12.1 Å². The van der Waals surface area contributed by atoms with Crippen LogP contribution in [0.5, 0.6) is 5.75 Å². The number of likely N-dealkylation sites (tertiary alicyclic amines) is 1. The van der Waals surface area contributed by atoms with Crippen LogP contribution in [0.4, 0.5) is 16.6 Å². The van der Waals surface area contributed by atoms with E-state index in [1.165, 1.54) is 0 Å². The van der Waals surface area contributed by atoms with Gasteiger partial charge in [-0.2, -0.15) is 4.98 Å². The van der Waals surface area contributed by atoms with Crippen molar-refractivity contribution in [3.63, 3.8) is 0 Å². The van der Waals surface area contributed by atoms with Crippen LogP contribution in [0.1, 0.15) is 55.1 Å². The van der Waals surface area contributed by atoms with Gasteiger partial charge in [0, 0.05) is 50.9 Å². The number of benzene rings is 2. The largest absolute Gasteiger partial charge is 0.495 e. The number of rotatable bonds is 8. The van der Waals surface area contributed by atoms with E-state index in [2.05, 4.69) is 20.5 Å². The number of methoxy groups -OCH3 is 1. The Morgan fingerprint density at radius 2 is 1.74 bits per heavy atom. The summed E-state index contributed by atoms with van der Waals surface area (Å²) >= 11 is 6.34. The minimum atomic E-state index is -0.503. The van der Waals surface area contributed by atoms with Crippen molar-refractivity contribution in [3.05, 3.63) is 76.4 Å². The van der Waals surface area contributed by atoms with Gasteiger partial charge in [-0.05, 0) is 56.9 Å². The van der Waals surface area contributed by atoms with Gasteiger partial charge in [-0.25, -0.2) is 9.78 Å². The summed E-state index contributed by atoms with van der Waals surface area (Å²) in [5.41, 5.74) is 1.87. The molecule has 1 aromatic heterocycles. The van der Waals surface area contributed by atoms with Crippen molar-refractivity contribution in [1.29, 1.82) is 0 Å². The first-order valence-electron chi connectivity index (χ1n) is 14.5. The van der Waals surface area contributed by atoms with E-state index in [1.54, 1.807) is 18.2 Å². The van der Waals surface area contributed by atoms with E-state index < -0.39 is 5.60 Å². The number of hydrogen-bond donors (Lipinski definition) is 2. The molecule has 11 heteroatoms. The summed E-state index contributed by atoms with van der Waals surface area (Å²) in [6.07, 6.45) is 3.17. The van der Waals surface area contributed by atoms with Crippen LogP contribution in [-0.2, 0) is 17.8 Å². The fourth-order valence-corrected chi connectivity index (χ4v) is 5.70. The van der Waals surface area contributed by atoms with Crippen LogP contribution in [0.3, 0.4) is 0 Å². The van der Waals surface area contributed by atoms with Crippen molar-refractivity contribution >= 4 is 35.4 Å². The molecule has 2 N–H and O–H groups in total. The van der Waals surface area contributed by atoms with Gasteiger partial charge in [0.2, 0.25) is 5.95 Å². The predicted molar refractivity (Wildman–Crippen MR) is 167 cm³/mol. The molecule has 2 fully saturated rings. The molecule has 2 aliphatic rings. The first-order chi connectivity index (χ1) is 20.5. The third-order valence-electron chi connectivity index (χ3n) is 7.80. The summed E-state index contributed by atoms with van der Waals surface area (Å²) in [5.74, 6) is 1.34. The lowest BCUT2D eigenvalue weighted by Gasteiger charge is -2.53. The number of ether oxygens (including phenoxy) is 2. The van der Waals surface area contributed by atoms with Gasteiger partial charge < -0.3 is 29.9 Å². The van der Waals surface area contributed by atoms with Crippen molar-refractivity contribution in [2.45, 2.75) is 52.3 Å². The lowest BCUT2D eigenvalue weighted by atomic mass is 9.72. The van der Waals surface area contributed by atoms with Gasteiger partial charge in [-0.3, -0.25) is 4.79 Å². The highest BCUT2D eigenvalue weighted by atomic mass is 35.5. The Hall–Kier alpha value is -4.05. The second-order valence-electron chi connectivity index (χ2n) is 12.2. The van der Waals surface area contributed by atoms with Crippen LogP contribution in [0.15, 0.2) is 54.7 Å². The molecule has 0 saturated carbocycles. The number of hydrogen-bond acceptors (Lipinski definition) is 8. The summed E-state index contributed by atoms with van der Waals surface area (Å²) in [7, 11) is 1.58. The van der Waals surface area contributed by atoms with Gasteiger partial charge in [0.15, 0.2) is 0 Å². The standard InChI is InChI=1S/C32H39ClN6O4/c1-31(2,3)43-30(41)39-20-32(21-39)12-14-38(15-13-32)29-36-19-24(28(40)35-17-22-8-6-5-7-9-22)27(37-29)34-18-23-10-11-26(42-4)25(33)16-23/h5-11,16,19H,12-15,17-18,20-21H2,1-4H3,(H,35,40)(H,34,36,37). The number of halogens is 1. The van der Waals surface area contributed by atoms with E-state index in [1.807, 2.05) is 69.3 Å². The predicted octanol–water partition coefficient (Wildman–Crippen LogP) is 5.52. The number of carbonyl (C=O) groups is 2. The van der Waals surface area contributed by atoms with Crippen molar-refractivity contribution < 1.29 is 19.1 Å². The molecule has 3 aromatic rings. The fourth-order valence-electron chi connectivity index (χ4n) is 5.42. The third kappa shape index (κ3) is 7.48. The maximum atomic E-state index is 13.3.